The summed E-state index contributed by atoms with van der Waals surface area (Å²) in [6.45, 7) is 2.11. The van der Waals surface area contributed by atoms with Crippen LogP contribution in [0, 0.1) is 0 Å². The molecule has 1 aromatic heterocycles. The normalized spacial score (nSPS) is 11.4. The molecular weight excluding hydrogens is 254 g/mol. The fraction of sp³-hybridized carbons (Fsp3) is 0.214. The Hall–Kier alpha value is -2.63. The van der Waals surface area contributed by atoms with Gasteiger partial charge in [0.05, 0.1) is 11.8 Å². The summed E-state index contributed by atoms with van der Waals surface area (Å²) in [5.74, 6) is 0.541. The Labute approximate surface area is 117 Å². The molecule has 20 heavy (non-hydrogen) atoms. The third-order valence-electron chi connectivity index (χ3n) is 3.13. The highest BCUT2D eigenvalue weighted by molar-refractivity contribution is 6.01. The zero-order chi connectivity index (χ0) is 14.5. The molecule has 1 heterocycles. The highest BCUT2D eigenvalue weighted by Crippen LogP contribution is 2.24. The lowest BCUT2D eigenvalue weighted by Crippen LogP contribution is -2.21. The van der Waals surface area contributed by atoms with Crippen LogP contribution >= 0.6 is 0 Å². The molecule has 0 saturated carbocycles. The zero-order valence-electron chi connectivity index (χ0n) is 11.5. The molecule has 0 spiro atoms. The molecule has 0 bridgehead atoms. The second-order valence-corrected chi connectivity index (χ2v) is 4.33. The van der Waals surface area contributed by atoms with E-state index in [9.17, 15) is 0 Å². The lowest BCUT2D eigenvalue weighted by Gasteiger charge is -2.20. The van der Waals surface area contributed by atoms with Crippen molar-refractivity contribution < 1.29 is 5.21 Å². The number of aromatic nitrogens is 2. The second kappa shape index (κ2) is 6.01. The van der Waals surface area contributed by atoms with Gasteiger partial charge in [0.25, 0.3) is 0 Å². The van der Waals surface area contributed by atoms with Gasteiger partial charge in [0, 0.05) is 12.7 Å². The Morgan fingerprint density at radius 1 is 1.30 bits per heavy atom. The molecule has 0 aliphatic carbocycles. The van der Waals surface area contributed by atoms with Gasteiger partial charge in [-0.3, -0.25) is 0 Å². The van der Waals surface area contributed by atoms with E-state index in [0.29, 0.717) is 11.4 Å². The molecule has 104 valence electrons. The molecule has 0 atom stereocenters. The smallest absolute Gasteiger partial charge is 0.173 e. The quantitative estimate of drug-likeness (QED) is 0.384. The van der Waals surface area contributed by atoms with Crippen molar-refractivity contribution in [3.05, 3.63) is 47.7 Å². The SMILES string of the molecule is CCc1ccc(N(C)c2nnccc2/C(N)=N/O)cc1. The van der Waals surface area contributed by atoms with Crippen LogP contribution in [0.2, 0.25) is 0 Å². The maximum atomic E-state index is 8.83. The number of nitrogens with zero attached hydrogens (tertiary/aromatic N) is 4. The van der Waals surface area contributed by atoms with Crippen molar-refractivity contribution in [2.45, 2.75) is 13.3 Å². The minimum absolute atomic E-state index is 0.00642. The fourth-order valence-corrected chi connectivity index (χ4v) is 1.90. The predicted octanol–water partition coefficient (Wildman–Crippen LogP) is 1.90. The Kier molecular flexibility index (Phi) is 4.14. The number of nitrogens with two attached hydrogens (primary N) is 1. The lowest BCUT2D eigenvalue weighted by molar-refractivity contribution is 0.318. The summed E-state index contributed by atoms with van der Waals surface area (Å²) in [4.78, 5) is 1.85. The first-order valence-electron chi connectivity index (χ1n) is 6.29. The summed E-state index contributed by atoms with van der Waals surface area (Å²) in [5.41, 5.74) is 8.41. The largest absolute Gasteiger partial charge is 0.409 e. The third kappa shape index (κ3) is 2.69. The minimum atomic E-state index is 0.00642. The molecule has 0 radical (unpaired) electrons. The highest BCUT2D eigenvalue weighted by atomic mass is 16.4. The summed E-state index contributed by atoms with van der Waals surface area (Å²) < 4.78 is 0. The molecule has 3 N–H and O–H groups in total. The van der Waals surface area contributed by atoms with E-state index >= 15 is 0 Å². The van der Waals surface area contributed by atoms with Crippen LogP contribution in [0.5, 0.6) is 0 Å². The van der Waals surface area contributed by atoms with Gasteiger partial charge < -0.3 is 15.8 Å². The molecule has 6 heteroatoms. The fourth-order valence-electron chi connectivity index (χ4n) is 1.90. The van der Waals surface area contributed by atoms with Gasteiger partial charge in [0.1, 0.15) is 0 Å². The first kappa shape index (κ1) is 13.8. The summed E-state index contributed by atoms with van der Waals surface area (Å²) >= 11 is 0. The molecule has 2 aromatic rings. The lowest BCUT2D eigenvalue weighted by atomic mass is 10.1. The third-order valence-corrected chi connectivity index (χ3v) is 3.13. The van der Waals surface area contributed by atoms with Gasteiger partial charge in [-0.05, 0) is 30.2 Å². The molecule has 0 unspecified atom stereocenters. The molecule has 0 aliphatic heterocycles. The first-order valence-corrected chi connectivity index (χ1v) is 6.29. The van der Waals surface area contributed by atoms with Gasteiger partial charge in [0.15, 0.2) is 11.7 Å². The molecule has 0 aliphatic rings. The van der Waals surface area contributed by atoms with Gasteiger partial charge in [-0.25, -0.2) is 0 Å². The van der Waals surface area contributed by atoms with Gasteiger partial charge in [-0.1, -0.05) is 24.2 Å². The number of rotatable bonds is 4. The number of hydrogen-bond donors (Lipinski definition) is 2. The van der Waals surface area contributed by atoms with E-state index in [1.54, 1.807) is 6.07 Å². The average molecular weight is 271 g/mol. The predicted molar refractivity (Wildman–Crippen MR) is 78.4 cm³/mol. The van der Waals surface area contributed by atoms with E-state index in [1.165, 1.54) is 11.8 Å². The van der Waals surface area contributed by atoms with E-state index in [-0.39, 0.29) is 5.84 Å². The molecule has 0 saturated heterocycles. The Morgan fingerprint density at radius 3 is 2.60 bits per heavy atom. The van der Waals surface area contributed by atoms with Crippen molar-refractivity contribution in [1.29, 1.82) is 0 Å². The van der Waals surface area contributed by atoms with Gasteiger partial charge in [-0.2, -0.15) is 5.10 Å². The topological polar surface area (TPSA) is 87.6 Å². The number of hydrogen-bond acceptors (Lipinski definition) is 5. The number of benzene rings is 1. The van der Waals surface area contributed by atoms with Crippen molar-refractivity contribution >= 4 is 17.3 Å². The van der Waals surface area contributed by atoms with Crippen molar-refractivity contribution in [2.75, 3.05) is 11.9 Å². The molecule has 0 fully saturated rings. The number of anilines is 2. The number of aryl methyl sites for hydroxylation is 1. The molecule has 1 aromatic carbocycles. The Bertz CT molecular complexity index is 609. The van der Waals surface area contributed by atoms with Crippen LogP contribution in [0.25, 0.3) is 0 Å². The number of oxime groups is 1. The maximum Gasteiger partial charge on any atom is 0.173 e. The van der Waals surface area contributed by atoms with E-state index in [0.717, 1.165) is 12.1 Å². The molecular formula is C14H17N5O. The van der Waals surface area contributed by atoms with Crippen molar-refractivity contribution in [3.8, 4) is 0 Å². The van der Waals surface area contributed by atoms with Crippen LogP contribution in [0.3, 0.4) is 0 Å². The van der Waals surface area contributed by atoms with Crippen molar-refractivity contribution in [2.24, 2.45) is 10.9 Å². The Balaban J connectivity index is 2.39. The van der Waals surface area contributed by atoms with Crippen LogP contribution in [0.4, 0.5) is 11.5 Å². The first-order chi connectivity index (χ1) is 9.67. The zero-order valence-corrected chi connectivity index (χ0v) is 11.5. The van der Waals surface area contributed by atoms with Crippen LogP contribution in [-0.2, 0) is 6.42 Å². The van der Waals surface area contributed by atoms with E-state index in [4.69, 9.17) is 10.9 Å². The van der Waals surface area contributed by atoms with Crippen LogP contribution in [-0.4, -0.2) is 28.3 Å². The summed E-state index contributed by atoms with van der Waals surface area (Å²) in [6.07, 6.45) is 2.50. The van der Waals surface area contributed by atoms with Gasteiger partial charge in [0.2, 0.25) is 0 Å². The standard InChI is InChI=1S/C14H17N5O/c1-3-10-4-6-11(7-5-10)19(2)14-12(13(15)18-20)8-9-16-17-14/h4-9,20H,3H2,1-2H3,(H2,15,18). The van der Waals surface area contributed by atoms with Crippen LogP contribution in [0.15, 0.2) is 41.7 Å². The molecule has 6 nitrogen and oxygen atoms in total. The minimum Gasteiger partial charge on any atom is -0.409 e. The maximum absolute atomic E-state index is 8.83. The summed E-state index contributed by atoms with van der Waals surface area (Å²) in [7, 11) is 1.86. The Morgan fingerprint density at radius 2 is 2.00 bits per heavy atom. The average Bonchev–Trinajstić information content (AvgIpc) is 2.53. The monoisotopic (exact) mass is 271 g/mol. The van der Waals surface area contributed by atoms with E-state index in [2.05, 4.69) is 34.4 Å². The highest BCUT2D eigenvalue weighted by Gasteiger charge is 2.14. The van der Waals surface area contributed by atoms with Gasteiger partial charge >= 0.3 is 0 Å². The van der Waals surface area contributed by atoms with Crippen molar-refractivity contribution in [1.82, 2.24) is 10.2 Å². The molecule has 0 amide bonds. The van der Waals surface area contributed by atoms with Crippen LogP contribution in [0.1, 0.15) is 18.1 Å². The number of amidine groups is 1. The van der Waals surface area contributed by atoms with E-state index < -0.39 is 0 Å². The summed E-state index contributed by atoms with van der Waals surface area (Å²) in [6, 6.07) is 9.79. The second-order valence-electron chi connectivity index (χ2n) is 4.33. The van der Waals surface area contributed by atoms with Crippen molar-refractivity contribution in [3.63, 3.8) is 0 Å². The molecule has 2 rings (SSSR count). The van der Waals surface area contributed by atoms with E-state index in [1.807, 2.05) is 24.1 Å². The van der Waals surface area contributed by atoms with Crippen LogP contribution < -0.4 is 10.6 Å². The summed E-state index contributed by atoms with van der Waals surface area (Å²) in [5, 5.41) is 19.8. The van der Waals surface area contributed by atoms with Gasteiger partial charge in [-0.15, -0.1) is 5.10 Å².